The van der Waals surface area contributed by atoms with Crippen LogP contribution in [0.4, 0.5) is 0 Å². The van der Waals surface area contributed by atoms with Crippen LogP contribution in [0.1, 0.15) is 22.8 Å². The predicted molar refractivity (Wildman–Crippen MR) is 104 cm³/mol. The first-order chi connectivity index (χ1) is 13.8. The molecule has 0 amide bonds. The Morgan fingerprint density at radius 1 is 1.04 bits per heavy atom. The molecule has 7 heteroatoms. The molecular formula is C21H23N3O4. The Labute approximate surface area is 163 Å². The van der Waals surface area contributed by atoms with Crippen LogP contribution in [0.2, 0.25) is 0 Å². The summed E-state index contributed by atoms with van der Waals surface area (Å²) in [5, 5.41) is 4.14. The SMILES string of the molecule is COc1ccccc1C(=O)C(CCOCCOc1ccccc1)n1cncn1. The van der Waals surface area contributed by atoms with Crippen molar-refractivity contribution in [2.24, 2.45) is 0 Å². The van der Waals surface area contributed by atoms with Crippen LogP contribution in [0, 0.1) is 0 Å². The van der Waals surface area contributed by atoms with Gasteiger partial charge in [-0.1, -0.05) is 30.3 Å². The van der Waals surface area contributed by atoms with Gasteiger partial charge in [-0.3, -0.25) is 4.79 Å². The van der Waals surface area contributed by atoms with Crippen molar-refractivity contribution in [3.63, 3.8) is 0 Å². The van der Waals surface area contributed by atoms with Gasteiger partial charge in [0.15, 0.2) is 5.78 Å². The Morgan fingerprint density at radius 3 is 2.57 bits per heavy atom. The van der Waals surface area contributed by atoms with Crippen LogP contribution in [0.15, 0.2) is 67.3 Å². The van der Waals surface area contributed by atoms with Gasteiger partial charge in [0, 0.05) is 13.0 Å². The molecule has 28 heavy (non-hydrogen) atoms. The van der Waals surface area contributed by atoms with Crippen LogP contribution in [-0.2, 0) is 4.74 Å². The van der Waals surface area contributed by atoms with Crippen LogP contribution in [0.5, 0.6) is 11.5 Å². The highest BCUT2D eigenvalue weighted by Gasteiger charge is 2.25. The highest BCUT2D eigenvalue weighted by Crippen LogP contribution is 2.24. The van der Waals surface area contributed by atoms with Crippen LogP contribution < -0.4 is 9.47 Å². The molecule has 2 aromatic carbocycles. The lowest BCUT2D eigenvalue weighted by atomic mass is 10.0. The zero-order valence-electron chi connectivity index (χ0n) is 15.7. The van der Waals surface area contributed by atoms with Gasteiger partial charge in [-0.25, -0.2) is 9.67 Å². The number of hydrogen-bond donors (Lipinski definition) is 0. The number of aromatic nitrogens is 3. The van der Waals surface area contributed by atoms with Gasteiger partial charge in [-0.05, 0) is 24.3 Å². The summed E-state index contributed by atoms with van der Waals surface area (Å²) in [4.78, 5) is 17.0. The Kier molecular flexibility index (Phi) is 7.14. The molecule has 0 aliphatic rings. The van der Waals surface area contributed by atoms with E-state index in [4.69, 9.17) is 14.2 Å². The topological polar surface area (TPSA) is 75.5 Å². The number of benzene rings is 2. The van der Waals surface area contributed by atoms with E-state index in [2.05, 4.69) is 10.1 Å². The van der Waals surface area contributed by atoms with E-state index in [-0.39, 0.29) is 5.78 Å². The van der Waals surface area contributed by atoms with E-state index < -0.39 is 6.04 Å². The molecule has 1 atom stereocenters. The second-order valence-electron chi connectivity index (χ2n) is 6.02. The Morgan fingerprint density at radius 2 is 1.82 bits per heavy atom. The van der Waals surface area contributed by atoms with Gasteiger partial charge < -0.3 is 14.2 Å². The standard InChI is InChI=1S/C21H23N3O4/c1-26-20-10-6-5-9-18(20)21(25)19(24-16-22-15-23-24)11-12-27-13-14-28-17-7-3-2-4-8-17/h2-10,15-16,19H,11-14H2,1H3. The molecule has 0 aliphatic carbocycles. The third kappa shape index (κ3) is 5.17. The minimum absolute atomic E-state index is 0.0907. The summed E-state index contributed by atoms with van der Waals surface area (Å²) in [7, 11) is 1.55. The molecule has 0 spiro atoms. The van der Waals surface area contributed by atoms with Crippen molar-refractivity contribution in [3.8, 4) is 11.5 Å². The predicted octanol–water partition coefficient (Wildman–Crippen LogP) is 3.20. The Balaban J connectivity index is 1.55. The van der Waals surface area contributed by atoms with E-state index in [0.29, 0.717) is 37.6 Å². The molecule has 0 saturated heterocycles. The summed E-state index contributed by atoms with van der Waals surface area (Å²) in [6, 6.07) is 16.2. The number of nitrogens with zero attached hydrogens (tertiary/aromatic N) is 3. The lowest BCUT2D eigenvalue weighted by molar-refractivity contribution is 0.0760. The van der Waals surface area contributed by atoms with E-state index in [9.17, 15) is 4.79 Å². The number of hydrogen-bond acceptors (Lipinski definition) is 6. The molecule has 7 nitrogen and oxygen atoms in total. The molecule has 0 radical (unpaired) electrons. The first kappa shape index (κ1) is 19.6. The van der Waals surface area contributed by atoms with Crippen molar-refractivity contribution < 1.29 is 19.0 Å². The summed E-state index contributed by atoms with van der Waals surface area (Å²) in [5.74, 6) is 1.25. The third-order valence-electron chi connectivity index (χ3n) is 4.21. The van der Waals surface area contributed by atoms with E-state index in [1.807, 2.05) is 42.5 Å². The molecule has 0 bridgehead atoms. The van der Waals surface area contributed by atoms with E-state index in [1.54, 1.807) is 23.9 Å². The monoisotopic (exact) mass is 381 g/mol. The first-order valence-electron chi connectivity index (χ1n) is 9.06. The molecule has 3 rings (SSSR count). The molecule has 0 fully saturated rings. The zero-order chi connectivity index (χ0) is 19.6. The zero-order valence-corrected chi connectivity index (χ0v) is 15.7. The van der Waals surface area contributed by atoms with E-state index >= 15 is 0 Å². The highest BCUT2D eigenvalue weighted by atomic mass is 16.5. The lowest BCUT2D eigenvalue weighted by Gasteiger charge is -2.17. The maximum Gasteiger partial charge on any atom is 0.191 e. The molecular weight excluding hydrogens is 358 g/mol. The maximum atomic E-state index is 13.1. The van der Waals surface area contributed by atoms with Crippen LogP contribution in [0.25, 0.3) is 0 Å². The number of methoxy groups -OCH3 is 1. The van der Waals surface area contributed by atoms with Gasteiger partial charge in [-0.15, -0.1) is 0 Å². The normalized spacial score (nSPS) is 11.8. The van der Waals surface area contributed by atoms with Crippen molar-refractivity contribution in [1.82, 2.24) is 14.8 Å². The Hall–Kier alpha value is -3.19. The van der Waals surface area contributed by atoms with Gasteiger partial charge in [0.05, 0.1) is 19.3 Å². The van der Waals surface area contributed by atoms with Gasteiger partial charge in [0.2, 0.25) is 0 Å². The quantitative estimate of drug-likeness (QED) is 0.375. The number of carbonyl (C=O) groups excluding carboxylic acids is 1. The maximum absolute atomic E-state index is 13.1. The second kappa shape index (κ2) is 10.2. The average Bonchev–Trinajstić information content (AvgIpc) is 3.28. The molecule has 146 valence electrons. The van der Waals surface area contributed by atoms with E-state index in [1.165, 1.54) is 12.7 Å². The van der Waals surface area contributed by atoms with Gasteiger partial charge in [-0.2, -0.15) is 5.10 Å². The molecule has 1 aromatic heterocycles. The second-order valence-corrected chi connectivity index (χ2v) is 6.02. The molecule has 1 unspecified atom stereocenters. The number of ether oxygens (including phenoxy) is 3. The number of Topliss-reactive ketones (excluding diaryl/α,β-unsaturated/α-hetero) is 1. The smallest absolute Gasteiger partial charge is 0.191 e. The fourth-order valence-corrected chi connectivity index (χ4v) is 2.82. The average molecular weight is 381 g/mol. The van der Waals surface area contributed by atoms with Crippen LogP contribution in [-0.4, -0.2) is 47.5 Å². The Bertz CT molecular complexity index is 853. The number of para-hydroxylation sites is 2. The summed E-state index contributed by atoms with van der Waals surface area (Å²) >= 11 is 0. The minimum atomic E-state index is -0.520. The van der Waals surface area contributed by atoms with Crippen molar-refractivity contribution in [3.05, 3.63) is 72.8 Å². The van der Waals surface area contributed by atoms with Crippen molar-refractivity contribution >= 4 is 5.78 Å². The van der Waals surface area contributed by atoms with Gasteiger partial charge in [0.1, 0.15) is 36.8 Å². The summed E-state index contributed by atoms with van der Waals surface area (Å²) in [6.45, 7) is 1.27. The third-order valence-corrected chi connectivity index (χ3v) is 4.21. The molecule has 0 aliphatic heterocycles. The van der Waals surface area contributed by atoms with Crippen LogP contribution >= 0.6 is 0 Å². The molecule has 0 N–H and O–H groups in total. The molecule has 0 saturated carbocycles. The van der Waals surface area contributed by atoms with Gasteiger partial charge >= 0.3 is 0 Å². The number of rotatable bonds is 11. The van der Waals surface area contributed by atoms with Crippen molar-refractivity contribution in [2.45, 2.75) is 12.5 Å². The fourth-order valence-electron chi connectivity index (χ4n) is 2.82. The fraction of sp³-hybridized carbons (Fsp3) is 0.286. The number of ketones is 1. The first-order valence-corrected chi connectivity index (χ1v) is 9.06. The highest BCUT2D eigenvalue weighted by molar-refractivity contribution is 6.01. The lowest BCUT2D eigenvalue weighted by Crippen LogP contribution is -2.23. The molecule has 3 aromatic rings. The summed E-state index contributed by atoms with van der Waals surface area (Å²) < 4.78 is 18.1. The largest absolute Gasteiger partial charge is 0.496 e. The summed E-state index contributed by atoms with van der Waals surface area (Å²) in [6.07, 6.45) is 3.42. The van der Waals surface area contributed by atoms with E-state index in [0.717, 1.165) is 5.75 Å². The summed E-state index contributed by atoms with van der Waals surface area (Å²) in [5.41, 5.74) is 0.512. The molecule has 1 heterocycles. The van der Waals surface area contributed by atoms with Crippen molar-refractivity contribution in [2.75, 3.05) is 26.9 Å². The number of carbonyl (C=O) groups is 1. The van der Waals surface area contributed by atoms with Gasteiger partial charge in [0.25, 0.3) is 0 Å². The minimum Gasteiger partial charge on any atom is -0.496 e. The van der Waals surface area contributed by atoms with Crippen molar-refractivity contribution in [1.29, 1.82) is 0 Å². The van der Waals surface area contributed by atoms with Crippen LogP contribution in [0.3, 0.4) is 0 Å².